The van der Waals surface area contributed by atoms with Gasteiger partial charge >= 0.3 is 0 Å². The predicted molar refractivity (Wildman–Crippen MR) is 67.4 cm³/mol. The number of hydrogen-bond acceptors (Lipinski definition) is 2. The van der Waals surface area contributed by atoms with Crippen molar-refractivity contribution in [3.05, 3.63) is 35.9 Å². The molecule has 1 aromatic rings. The summed E-state index contributed by atoms with van der Waals surface area (Å²) in [5.41, 5.74) is 1.33. The van der Waals surface area contributed by atoms with E-state index in [-0.39, 0.29) is 5.78 Å². The molecule has 0 spiro atoms. The number of carbonyl (C=O) groups is 1. The van der Waals surface area contributed by atoms with Crippen LogP contribution in [0.15, 0.2) is 30.3 Å². The second kappa shape index (κ2) is 6.44. The molecule has 0 aliphatic heterocycles. The minimum atomic E-state index is 0.278. The summed E-state index contributed by atoms with van der Waals surface area (Å²) >= 11 is 0. The zero-order valence-corrected chi connectivity index (χ0v) is 10.4. The zero-order chi connectivity index (χ0) is 12.0. The molecule has 0 aliphatic carbocycles. The number of benzene rings is 1. The van der Waals surface area contributed by atoms with Gasteiger partial charge in [0.2, 0.25) is 0 Å². The van der Waals surface area contributed by atoms with Crippen molar-refractivity contribution >= 4 is 5.78 Å². The van der Waals surface area contributed by atoms with E-state index >= 15 is 0 Å². The lowest BCUT2D eigenvalue weighted by Crippen LogP contribution is -2.23. The standard InChI is InChI=1S/C14H21NO/c1-12(16)8-7-11-15(3)13(2)14-9-5-4-6-10-14/h4-6,9-10,13H,7-8,11H2,1-3H3/t13-/m0/s1. The van der Waals surface area contributed by atoms with Gasteiger partial charge in [-0.05, 0) is 39.4 Å². The Hall–Kier alpha value is -1.15. The fourth-order valence-electron chi connectivity index (χ4n) is 1.76. The van der Waals surface area contributed by atoms with Gasteiger partial charge in [-0.25, -0.2) is 0 Å². The molecular weight excluding hydrogens is 198 g/mol. The van der Waals surface area contributed by atoms with Gasteiger partial charge in [0.25, 0.3) is 0 Å². The minimum Gasteiger partial charge on any atom is -0.300 e. The first-order valence-corrected chi connectivity index (χ1v) is 5.86. The number of Topliss-reactive ketones (excluding diaryl/α,β-unsaturated/α-hetero) is 1. The third-order valence-corrected chi connectivity index (χ3v) is 2.98. The minimum absolute atomic E-state index is 0.278. The van der Waals surface area contributed by atoms with Gasteiger partial charge < -0.3 is 4.79 Å². The predicted octanol–water partition coefficient (Wildman–Crippen LogP) is 3.05. The highest BCUT2D eigenvalue weighted by molar-refractivity contribution is 5.75. The molecule has 0 amide bonds. The van der Waals surface area contributed by atoms with Crippen molar-refractivity contribution in [3.63, 3.8) is 0 Å². The van der Waals surface area contributed by atoms with Crippen molar-refractivity contribution in [3.8, 4) is 0 Å². The topological polar surface area (TPSA) is 20.3 Å². The van der Waals surface area contributed by atoms with Crippen LogP contribution >= 0.6 is 0 Å². The molecule has 0 aliphatic rings. The molecule has 0 bridgehead atoms. The molecule has 2 nitrogen and oxygen atoms in total. The highest BCUT2D eigenvalue weighted by atomic mass is 16.1. The van der Waals surface area contributed by atoms with Crippen LogP contribution in [0, 0.1) is 0 Å². The van der Waals surface area contributed by atoms with Gasteiger partial charge in [0.15, 0.2) is 0 Å². The van der Waals surface area contributed by atoms with Gasteiger partial charge in [0.1, 0.15) is 5.78 Å². The highest BCUT2D eigenvalue weighted by Crippen LogP contribution is 2.18. The Balaban J connectivity index is 2.42. The third kappa shape index (κ3) is 4.15. The number of rotatable bonds is 6. The average Bonchev–Trinajstić information content (AvgIpc) is 2.28. The molecule has 0 saturated heterocycles. The summed E-state index contributed by atoms with van der Waals surface area (Å²) in [5, 5.41) is 0. The molecule has 0 N–H and O–H groups in total. The largest absolute Gasteiger partial charge is 0.300 e. The first kappa shape index (κ1) is 12.9. The van der Waals surface area contributed by atoms with E-state index in [1.54, 1.807) is 6.92 Å². The SMILES string of the molecule is CC(=O)CCCN(C)[C@@H](C)c1ccccc1. The normalized spacial score (nSPS) is 12.8. The van der Waals surface area contributed by atoms with Crippen LogP contribution in [0.25, 0.3) is 0 Å². The van der Waals surface area contributed by atoms with Crippen LogP contribution in [0.2, 0.25) is 0 Å². The Kier molecular flexibility index (Phi) is 5.20. The van der Waals surface area contributed by atoms with E-state index < -0.39 is 0 Å². The summed E-state index contributed by atoms with van der Waals surface area (Å²) in [5.74, 6) is 0.278. The van der Waals surface area contributed by atoms with Crippen LogP contribution in [0.3, 0.4) is 0 Å². The van der Waals surface area contributed by atoms with Gasteiger partial charge in [0, 0.05) is 12.5 Å². The molecule has 88 valence electrons. The molecule has 2 heteroatoms. The van der Waals surface area contributed by atoms with E-state index in [1.807, 2.05) is 6.07 Å². The molecule has 0 unspecified atom stereocenters. The Morgan fingerprint density at radius 1 is 1.31 bits per heavy atom. The van der Waals surface area contributed by atoms with Crippen LogP contribution in [0.4, 0.5) is 0 Å². The quantitative estimate of drug-likeness (QED) is 0.733. The van der Waals surface area contributed by atoms with Gasteiger partial charge in [-0.3, -0.25) is 4.90 Å². The Morgan fingerprint density at radius 2 is 1.94 bits per heavy atom. The molecule has 16 heavy (non-hydrogen) atoms. The fourth-order valence-corrected chi connectivity index (χ4v) is 1.76. The molecule has 0 fully saturated rings. The van der Waals surface area contributed by atoms with Crippen LogP contribution in [0.1, 0.15) is 38.3 Å². The molecule has 0 heterocycles. The van der Waals surface area contributed by atoms with E-state index in [2.05, 4.69) is 43.1 Å². The van der Waals surface area contributed by atoms with Crippen molar-refractivity contribution in [1.82, 2.24) is 4.90 Å². The lowest BCUT2D eigenvalue weighted by Gasteiger charge is -2.24. The summed E-state index contributed by atoms with van der Waals surface area (Å²) < 4.78 is 0. The second-order valence-electron chi connectivity index (χ2n) is 4.37. The molecular formula is C14H21NO. The number of nitrogens with zero attached hydrogens (tertiary/aromatic N) is 1. The summed E-state index contributed by atoms with van der Waals surface area (Å²) in [6, 6.07) is 10.9. The van der Waals surface area contributed by atoms with Crippen LogP contribution in [0.5, 0.6) is 0 Å². The van der Waals surface area contributed by atoms with E-state index in [1.165, 1.54) is 5.56 Å². The Morgan fingerprint density at radius 3 is 2.50 bits per heavy atom. The summed E-state index contributed by atoms with van der Waals surface area (Å²) in [6.07, 6.45) is 1.63. The van der Waals surface area contributed by atoms with Crippen molar-refractivity contribution < 1.29 is 4.79 Å². The summed E-state index contributed by atoms with van der Waals surface area (Å²) in [6.45, 7) is 4.82. The average molecular weight is 219 g/mol. The van der Waals surface area contributed by atoms with Crippen LogP contribution in [-0.4, -0.2) is 24.3 Å². The fraction of sp³-hybridized carbons (Fsp3) is 0.500. The monoisotopic (exact) mass is 219 g/mol. The lowest BCUT2D eigenvalue weighted by molar-refractivity contribution is -0.117. The van der Waals surface area contributed by atoms with Crippen molar-refractivity contribution in [1.29, 1.82) is 0 Å². The van der Waals surface area contributed by atoms with Crippen molar-refractivity contribution in [2.24, 2.45) is 0 Å². The maximum absolute atomic E-state index is 10.8. The van der Waals surface area contributed by atoms with Gasteiger partial charge in [-0.2, -0.15) is 0 Å². The zero-order valence-electron chi connectivity index (χ0n) is 10.4. The van der Waals surface area contributed by atoms with Gasteiger partial charge in [-0.1, -0.05) is 30.3 Å². The Bertz CT molecular complexity index is 321. The first-order chi connectivity index (χ1) is 7.61. The molecule has 1 atom stereocenters. The van der Waals surface area contributed by atoms with Crippen LogP contribution < -0.4 is 0 Å². The second-order valence-corrected chi connectivity index (χ2v) is 4.37. The number of hydrogen-bond donors (Lipinski definition) is 0. The molecule has 1 rings (SSSR count). The summed E-state index contributed by atoms with van der Waals surface area (Å²) in [7, 11) is 2.11. The first-order valence-electron chi connectivity index (χ1n) is 5.86. The molecule has 0 aromatic heterocycles. The summed E-state index contributed by atoms with van der Waals surface area (Å²) in [4.78, 5) is 13.1. The smallest absolute Gasteiger partial charge is 0.129 e. The maximum atomic E-state index is 10.8. The molecule has 1 aromatic carbocycles. The molecule has 0 radical (unpaired) electrons. The van der Waals surface area contributed by atoms with Gasteiger partial charge in [-0.15, -0.1) is 0 Å². The highest BCUT2D eigenvalue weighted by Gasteiger charge is 2.10. The van der Waals surface area contributed by atoms with Gasteiger partial charge in [0.05, 0.1) is 0 Å². The maximum Gasteiger partial charge on any atom is 0.129 e. The third-order valence-electron chi connectivity index (χ3n) is 2.98. The Labute approximate surface area is 98.3 Å². The lowest BCUT2D eigenvalue weighted by atomic mass is 10.1. The van der Waals surface area contributed by atoms with Crippen molar-refractivity contribution in [2.45, 2.75) is 32.7 Å². The van der Waals surface area contributed by atoms with E-state index in [9.17, 15) is 4.79 Å². The van der Waals surface area contributed by atoms with Crippen molar-refractivity contribution in [2.75, 3.05) is 13.6 Å². The number of ketones is 1. The van der Waals surface area contributed by atoms with Crippen LogP contribution in [-0.2, 0) is 4.79 Å². The number of carbonyl (C=O) groups excluding carboxylic acids is 1. The molecule has 0 saturated carbocycles. The van der Waals surface area contributed by atoms with E-state index in [0.717, 1.165) is 13.0 Å². The van der Waals surface area contributed by atoms with E-state index in [4.69, 9.17) is 0 Å². The van der Waals surface area contributed by atoms with E-state index in [0.29, 0.717) is 12.5 Å².